The van der Waals surface area contributed by atoms with Gasteiger partial charge in [-0.1, -0.05) is 36.8 Å². The highest BCUT2D eigenvalue weighted by molar-refractivity contribution is 5.70. The van der Waals surface area contributed by atoms with Crippen molar-refractivity contribution < 1.29 is 19.4 Å². The first kappa shape index (κ1) is 27.1. The van der Waals surface area contributed by atoms with Crippen LogP contribution in [0, 0.1) is 12.8 Å². The van der Waals surface area contributed by atoms with Crippen molar-refractivity contribution in [3.63, 3.8) is 0 Å². The number of hydrogen-bond acceptors (Lipinski definition) is 9. The normalized spacial score (nSPS) is 14.1. The van der Waals surface area contributed by atoms with Gasteiger partial charge in [0.15, 0.2) is 0 Å². The molecule has 10 heteroatoms. The van der Waals surface area contributed by atoms with E-state index in [1.54, 1.807) is 0 Å². The fraction of sp³-hybridized carbons (Fsp3) is 0.429. The molecule has 4 rings (SSSR count). The van der Waals surface area contributed by atoms with E-state index < -0.39 is 5.97 Å². The van der Waals surface area contributed by atoms with Gasteiger partial charge in [-0.15, -0.1) is 0 Å². The summed E-state index contributed by atoms with van der Waals surface area (Å²) in [5, 5.41) is 12.6. The standard InChI is InChI=1S/C28H36N6O4/c1-4-22(25(35)36)19-21-7-11-24(12-8-21)38-18-13-33(3)27-30-26(29-23-9-5-20(2)6-10-23)31-28(32-27)34-14-16-37-17-15-34/h5-12,22H,4,13-19H2,1-3H3,(H,35,36)(H,29,30,31,32). The Labute approximate surface area is 223 Å². The highest BCUT2D eigenvalue weighted by atomic mass is 16.5. The Hall–Kier alpha value is -3.92. The molecule has 1 aliphatic heterocycles. The Morgan fingerprint density at radius 1 is 1.11 bits per heavy atom. The number of benzene rings is 2. The SMILES string of the molecule is CCC(Cc1ccc(OCCN(C)c2nc(Nc3ccc(C)cc3)nc(N3CCOCC3)n2)cc1)C(=O)O. The lowest BCUT2D eigenvalue weighted by molar-refractivity contribution is -0.141. The van der Waals surface area contributed by atoms with Crippen LogP contribution in [0.1, 0.15) is 24.5 Å². The maximum atomic E-state index is 11.3. The minimum Gasteiger partial charge on any atom is -0.492 e. The van der Waals surface area contributed by atoms with Crippen LogP contribution >= 0.6 is 0 Å². The Bertz CT molecular complexity index is 1180. The maximum absolute atomic E-state index is 11.3. The average molecular weight is 521 g/mol. The molecule has 1 fully saturated rings. The molecule has 0 aliphatic carbocycles. The van der Waals surface area contributed by atoms with Crippen LogP contribution in [0.15, 0.2) is 48.5 Å². The van der Waals surface area contributed by atoms with Gasteiger partial charge in [0, 0.05) is 25.8 Å². The second kappa shape index (κ2) is 13.0. The molecule has 1 atom stereocenters. The largest absolute Gasteiger partial charge is 0.492 e. The zero-order valence-corrected chi connectivity index (χ0v) is 22.3. The lowest BCUT2D eigenvalue weighted by Gasteiger charge is -2.28. The van der Waals surface area contributed by atoms with Crippen LogP contribution in [0.2, 0.25) is 0 Å². The molecular formula is C28H36N6O4. The van der Waals surface area contributed by atoms with Crippen molar-refractivity contribution in [1.29, 1.82) is 0 Å². The molecule has 2 aromatic carbocycles. The first-order chi connectivity index (χ1) is 18.4. The van der Waals surface area contributed by atoms with Gasteiger partial charge in [-0.25, -0.2) is 0 Å². The number of nitrogens with one attached hydrogen (secondary N) is 1. The molecule has 0 bridgehead atoms. The summed E-state index contributed by atoms with van der Waals surface area (Å²) in [6, 6.07) is 15.7. The van der Waals surface area contributed by atoms with Crippen LogP contribution in [-0.2, 0) is 16.0 Å². The summed E-state index contributed by atoms with van der Waals surface area (Å²) in [4.78, 5) is 29.4. The molecule has 1 aromatic heterocycles. The van der Waals surface area contributed by atoms with Crippen molar-refractivity contribution in [2.45, 2.75) is 26.7 Å². The number of hydrogen-bond donors (Lipinski definition) is 2. The van der Waals surface area contributed by atoms with Gasteiger partial charge in [0.1, 0.15) is 12.4 Å². The number of anilines is 4. The van der Waals surface area contributed by atoms with Crippen LogP contribution in [-0.4, -0.2) is 72.5 Å². The summed E-state index contributed by atoms with van der Waals surface area (Å²) in [7, 11) is 1.93. The van der Waals surface area contributed by atoms with E-state index >= 15 is 0 Å². The third kappa shape index (κ3) is 7.55. The fourth-order valence-corrected chi connectivity index (χ4v) is 4.06. The number of aromatic nitrogens is 3. The van der Waals surface area contributed by atoms with Crippen LogP contribution < -0.4 is 19.9 Å². The summed E-state index contributed by atoms with van der Waals surface area (Å²) in [5.41, 5.74) is 3.07. The van der Waals surface area contributed by atoms with E-state index in [0.29, 0.717) is 57.1 Å². The highest BCUT2D eigenvalue weighted by Crippen LogP contribution is 2.21. The lowest BCUT2D eigenvalue weighted by atomic mass is 9.97. The molecule has 2 heterocycles. The molecule has 3 aromatic rings. The van der Waals surface area contributed by atoms with Gasteiger partial charge in [0.2, 0.25) is 17.8 Å². The number of ether oxygens (including phenoxy) is 2. The Morgan fingerprint density at radius 2 is 1.82 bits per heavy atom. The number of aryl methyl sites for hydroxylation is 1. The zero-order chi connectivity index (χ0) is 26.9. The summed E-state index contributed by atoms with van der Waals surface area (Å²) in [6.45, 7) is 7.67. The molecule has 0 spiro atoms. The molecule has 0 saturated carbocycles. The molecule has 10 nitrogen and oxygen atoms in total. The minimum atomic E-state index is -0.761. The van der Waals surface area contributed by atoms with E-state index in [1.165, 1.54) is 5.56 Å². The van der Waals surface area contributed by atoms with Crippen molar-refractivity contribution in [2.75, 3.05) is 61.6 Å². The number of morpholine rings is 1. The van der Waals surface area contributed by atoms with E-state index in [2.05, 4.69) is 20.2 Å². The van der Waals surface area contributed by atoms with Gasteiger partial charge >= 0.3 is 5.97 Å². The zero-order valence-electron chi connectivity index (χ0n) is 22.3. The van der Waals surface area contributed by atoms with Crippen molar-refractivity contribution in [1.82, 2.24) is 15.0 Å². The third-order valence-electron chi connectivity index (χ3n) is 6.50. The van der Waals surface area contributed by atoms with E-state index in [-0.39, 0.29) is 5.92 Å². The predicted molar refractivity (Wildman–Crippen MR) is 148 cm³/mol. The van der Waals surface area contributed by atoms with Gasteiger partial charge in [-0.2, -0.15) is 15.0 Å². The summed E-state index contributed by atoms with van der Waals surface area (Å²) in [5.74, 6) is 1.25. The Morgan fingerprint density at radius 3 is 2.47 bits per heavy atom. The highest BCUT2D eigenvalue weighted by Gasteiger charge is 2.19. The van der Waals surface area contributed by atoms with Crippen LogP contribution in [0.4, 0.5) is 23.5 Å². The predicted octanol–water partition coefficient (Wildman–Crippen LogP) is 3.93. The Kier molecular flexibility index (Phi) is 9.31. The van der Waals surface area contributed by atoms with Crippen LogP contribution in [0.5, 0.6) is 5.75 Å². The van der Waals surface area contributed by atoms with Gasteiger partial charge < -0.3 is 29.7 Å². The third-order valence-corrected chi connectivity index (χ3v) is 6.50. The fourth-order valence-electron chi connectivity index (χ4n) is 4.06. The number of aliphatic carboxylic acids is 1. The number of likely N-dealkylation sites (N-methyl/N-ethyl adjacent to an activating group) is 1. The van der Waals surface area contributed by atoms with Crippen molar-refractivity contribution >= 4 is 29.5 Å². The average Bonchev–Trinajstić information content (AvgIpc) is 2.94. The number of nitrogens with zero attached hydrogens (tertiary/aromatic N) is 5. The van der Waals surface area contributed by atoms with Crippen molar-refractivity contribution in [3.05, 3.63) is 59.7 Å². The second-order valence-electron chi connectivity index (χ2n) is 9.41. The van der Waals surface area contributed by atoms with E-state index in [1.807, 2.05) is 74.3 Å². The van der Waals surface area contributed by atoms with Crippen LogP contribution in [0.25, 0.3) is 0 Å². The van der Waals surface area contributed by atoms with Crippen LogP contribution in [0.3, 0.4) is 0 Å². The molecule has 1 saturated heterocycles. The van der Waals surface area contributed by atoms with E-state index in [4.69, 9.17) is 14.5 Å². The first-order valence-corrected chi connectivity index (χ1v) is 13.0. The van der Waals surface area contributed by atoms with Crippen molar-refractivity contribution in [3.8, 4) is 5.75 Å². The molecule has 0 radical (unpaired) electrons. The minimum absolute atomic E-state index is 0.372. The van der Waals surface area contributed by atoms with Gasteiger partial charge in [-0.05, 0) is 49.6 Å². The molecule has 202 valence electrons. The first-order valence-electron chi connectivity index (χ1n) is 13.0. The molecule has 1 aliphatic rings. The quantitative estimate of drug-likeness (QED) is 0.364. The smallest absolute Gasteiger partial charge is 0.306 e. The van der Waals surface area contributed by atoms with Gasteiger partial charge in [0.05, 0.1) is 25.7 Å². The van der Waals surface area contributed by atoms with Gasteiger partial charge in [0.25, 0.3) is 0 Å². The molecule has 1 unspecified atom stereocenters. The summed E-state index contributed by atoms with van der Waals surface area (Å²) in [6.07, 6.45) is 1.12. The molecule has 2 N–H and O–H groups in total. The lowest BCUT2D eigenvalue weighted by Crippen LogP contribution is -2.38. The summed E-state index contributed by atoms with van der Waals surface area (Å²) >= 11 is 0. The monoisotopic (exact) mass is 520 g/mol. The van der Waals surface area contributed by atoms with Crippen molar-refractivity contribution in [2.24, 2.45) is 5.92 Å². The van der Waals surface area contributed by atoms with E-state index in [9.17, 15) is 9.90 Å². The number of carboxylic acid groups (broad SMARTS) is 1. The summed E-state index contributed by atoms with van der Waals surface area (Å²) < 4.78 is 11.4. The topological polar surface area (TPSA) is 113 Å². The Balaban J connectivity index is 1.40. The number of rotatable bonds is 12. The van der Waals surface area contributed by atoms with E-state index in [0.717, 1.165) is 30.1 Å². The van der Waals surface area contributed by atoms with Gasteiger partial charge in [-0.3, -0.25) is 4.79 Å². The number of carbonyl (C=O) groups is 1. The molecule has 38 heavy (non-hydrogen) atoms. The molecule has 0 amide bonds. The molecular weight excluding hydrogens is 484 g/mol. The number of carboxylic acids is 1. The second-order valence-corrected chi connectivity index (χ2v) is 9.41. The maximum Gasteiger partial charge on any atom is 0.306 e.